The number of nitrogens with one attached hydrogen (secondary N) is 1. The third-order valence-electron chi connectivity index (χ3n) is 1.96. The average Bonchev–Trinajstić information content (AvgIpc) is 2.17. The van der Waals surface area contributed by atoms with Gasteiger partial charge in [0.25, 0.3) is 0 Å². The van der Waals surface area contributed by atoms with Crippen LogP contribution >= 0.6 is 0 Å². The number of carbonyl (C=O) groups excluding carboxylic acids is 1. The number of carboxylic acid groups (broad SMARTS) is 1. The van der Waals surface area contributed by atoms with Gasteiger partial charge in [0.2, 0.25) is 0 Å². The minimum absolute atomic E-state index is 0.0936. The molecule has 1 rings (SSSR count). The van der Waals surface area contributed by atoms with Crippen LogP contribution in [0.3, 0.4) is 0 Å². The molecule has 0 aliphatic carbocycles. The van der Waals surface area contributed by atoms with Gasteiger partial charge in [-0.15, -0.1) is 0 Å². The van der Waals surface area contributed by atoms with Crippen molar-refractivity contribution in [3.8, 4) is 0 Å². The highest BCUT2D eigenvalue weighted by molar-refractivity contribution is 5.91. The zero-order valence-corrected chi connectivity index (χ0v) is 10.8. The molecule has 0 atom stereocenters. The lowest BCUT2D eigenvalue weighted by Gasteiger charge is -2.19. The summed E-state index contributed by atoms with van der Waals surface area (Å²) in [6, 6.07) is 1.29. The van der Waals surface area contributed by atoms with Crippen molar-refractivity contribution in [2.24, 2.45) is 0 Å². The van der Waals surface area contributed by atoms with Crippen LogP contribution in [0.1, 0.15) is 36.7 Å². The van der Waals surface area contributed by atoms with Crippen molar-refractivity contribution in [2.75, 3.05) is 5.32 Å². The van der Waals surface area contributed by atoms with Crippen LogP contribution < -0.4 is 5.32 Å². The Morgan fingerprint density at radius 3 is 2.50 bits per heavy atom. The van der Waals surface area contributed by atoms with Gasteiger partial charge in [-0.3, -0.25) is 5.32 Å². The van der Waals surface area contributed by atoms with E-state index in [-0.39, 0.29) is 11.4 Å². The third-order valence-corrected chi connectivity index (χ3v) is 1.96. The number of rotatable bonds is 2. The molecular formula is C12H16N2O4. The van der Waals surface area contributed by atoms with E-state index in [0.29, 0.717) is 5.56 Å². The lowest BCUT2D eigenvalue weighted by molar-refractivity contribution is 0.0632. The highest BCUT2D eigenvalue weighted by Gasteiger charge is 2.17. The number of aromatic nitrogens is 1. The predicted molar refractivity (Wildman–Crippen MR) is 65.8 cm³/mol. The molecule has 18 heavy (non-hydrogen) atoms. The number of nitrogens with zero attached hydrogens (tertiary/aromatic N) is 1. The Balaban J connectivity index is 2.83. The van der Waals surface area contributed by atoms with Gasteiger partial charge in [0.05, 0.1) is 5.56 Å². The average molecular weight is 252 g/mol. The Hall–Kier alpha value is -2.11. The Bertz CT molecular complexity index is 477. The van der Waals surface area contributed by atoms with E-state index in [9.17, 15) is 9.59 Å². The zero-order chi connectivity index (χ0) is 13.9. The van der Waals surface area contributed by atoms with E-state index in [2.05, 4.69) is 10.3 Å². The molecule has 0 radical (unpaired) electrons. The number of amides is 1. The minimum Gasteiger partial charge on any atom is -0.478 e. The fraction of sp³-hybridized carbons (Fsp3) is 0.417. The minimum atomic E-state index is -1.07. The van der Waals surface area contributed by atoms with E-state index in [1.54, 1.807) is 27.7 Å². The van der Waals surface area contributed by atoms with E-state index in [4.69, 9.17) is 9.84 Å². The Kier molecular flexibility index (Phi) is 3.90. The van der Waals surface area contributed by atoms with Crippen molar-refractivity contribution >= 4 is 17.9 Å². The highest BCUT2D eigenvalue weighted by Crippen LogP contribution is 2.14. The molecule has 0 aliphatic rings. The van der Waals surface area contributed by atoms with Crippen molar-refractivity contribution < 1.29 is 19.4 Å². The molecule has 0 aliphatic heterocycles. The van der Waals surface area contributed by atoms with Gasteiger partial charge in [0.1, 0.15) is 11.4 Å². The molecule has 1 amide bonds. The molecule has 6 heteroatoms. The van der Waals surface area contributed by atoms with Gasteiger partial charge in [0, 0.05) is 6.20 Å². The standard InChI is InChI=1S/C12H16N2O4/c1-7-6-13-9(5-8(7)10(15)16)14-11(17)18-12(2,3)4/h5-6H,1-4H3,(H,15,16)(H,13,14,17). The van der Waals surface area contributed by atoms with Gasteiger partial charge < -0.3 is 9.84 Å². The number of aryl methyl sites for hydroxylation is 1. The number of aromatic carboxylic acids is 1. The highest BCUT2D eigenvalue weighted by atomic mass is 16.6. The first kappa shape index (κ1) is 14.0. The number of carbonyl (C=O) groups is 2. The summed E-state index contributed by atoms with van der Waals surface area (Å²) in [7, 11) is 0. The quantitative estimate of drug-likeness (QED) is 0.843. The smallest absolute Gasteiger partial charge is 0.413 e. The molecule has 1 aromatic heterocycles. The monoisotopic (exact) mass is 252 g/mol. The number of pyridine rings is 1. The number of carboxylic acids is 1. The van der Waals surface area contributed by atoms with Gasteiger partial charge in [-0.1, -0.05) is 0 Å². The van der Waals surface area contributed by atoms with Crippen molar-refractivity contribution in [1.29, 1.82) is 0 Å². The van der Waals surface area contributed by atoms with Gasteiger partial charge >= 0.3 is 12.1 Å². The molecular weight excluding hydrogens is 236 g/mol. The molecule has 0 spiro atoms. The third kappa shape index (κ3) is 4.04. The SMILES string of the molecule is Cc1cnc(NC(=O)OC(C)(C)C)cc1C(=O)O. The Morgan fingerprint density at radius 1 is 1.39 bits per heavy atom. The molecule has 2 N–H and O–H groups in total. The molecule has 0 saturated heterocycles. The topological polar surface area (TPSA) is 88.5 Å². The van der Waals surface area contributed by atoms with Crippen molar-refractivity contribution in [2.45, 2.75) is 33.3 Å². The Morgan fingerprint density at radius 2 is 2.00 bits per heavy atom. The van der Waals surface area contributed by atoms with Crippen LogP contribution in [-0.4, -0.2) is 27.8 Å². The van der Waals surface area contributed by atoms with Gasteiger partial charge in [-0.25, -0.2) is 14.6 Å². The van der Waals surface area contributed by atoms with E-state index >= 15 is 0 Å². The molecule has 0 unspecified atom stereocenters. The summed E-state index contributed by atoms with van der Waals surface area (Å²) < 4.78 is 5.03. The fourth-order valence-corrected chi connectivity index (χ4v) is 1.23. The lowest BCUT2D eigenvalue weighted by Crippen LogP contribution is -2.27. The van der Waals surface area contributed by atoms with Crippen LogP contribution in [0.4, 0.5) is 10.6 Å². The number of hydrogen-bond donors (Lipinski definition) is 2. The number of ether oxygens (including phenoxy) is 1. The summed E-state index contributed by atoms with van der Waals surface area (Å²) in [5.74, 6) is -0.922. The normalized spacial score (nSPS) is 10.9. The summed E-state index contributed by atoms with van der Waals surface area (Å²) in [6.07, 6.45) is 0.714. The van der Waals surface area contributed by atoms with Crippen LogP contribution in [0.5, 0.6) is 0 Å². The van der Waals surface area contributed by atoms with E-state index in [1.807, 2.05) is 0 Å². The summed E-state index contributed by atoms with van der Waals surface area (Å²) in [5, 5.41) is 11.3. The van der Waals surface area contributed by atoms with Crippen molar-refractivity contribution in [1.82, 2.24) is 4.98 Å². The van der Waals surface area contributed by atoms with Crippen LogP contribution in [0.15, 0.2) is 12.3 Å². The van der Waals surface area contributed by atoms with Crippen LogP contribution in [-0.2, 0) is 4.74 Å². The molecule has 0 aromatic carbocycles. The summed E-state index contributed by atoms with van der Waals surface area (Å²) >= 11 is 0. The summed E-state index contributed by atoms with van der Waals surface area (Å²) in [5.41, 5.74) is -0.00183. The van der Waals surface area contributed by atoms with E-state index in [1.165, 1.54) is 12.3 Å². The molecule has 6 nitrogen and oxygen atoms in total. The van der Waals surface area contributed by atoms with E-state index < -0.39 is 17.7 Å². The van der Waals surface area contributed by atoms with Crippen LogP contribution in [0.2, 0.25) is 0 Å². The predicted octanol–water partition coefficient (Wildman–Crippen LogP) is 2.44. The second-order valence-corrected chi connectivity index (χ2v) is 4.82. The van der Waals surface area contributed by atoms with Gasteiger partial charge in [-0.2, -0.15) is 0 Å². The van der Waals surface area contributed by atoms with Gasteiger partial charge in [-0.05, 0) is 39.3 Å². The first-order valence-electron chi connectivity index (χ1n) is 5.39. The molecule has 0 bridgehead atoms. The zero-order valence-electron chi connectivity index (χ0n) is 10.8. The molecule has 0 saturated carbocycles. The second-order valence-electron chi connectivity index (χ2n) is 4.82. The van der Waals surface area contributed by atoms with Gasteiger partial charge in [0.15, 0.2) is 0 Å². The maximum Gasteiger partial charge on any atom is 0.413 e. The summed E-state index contributed by atoms with van der Waals surface area (Å²) in [4.78, 5) is 26.3. The number of hydrogen-bond acceptors (Lipinski definition) is 4. The first-order chi connectivity index (χ1) is 8.19. The van der Waals surface area contributed by atoms with Crippen LogP contribution in [0.25, 0.3) is 0 Å². The maximum absolute atomic E-state index is 11.5. The largest absolute Gasteiger partial charge is 0.478 e. The number of anilines is 1. The molecule has 98 valence electrons. The maximum atomic E-state index is 11.5. The first-order valence-corrected chi connectivity index (χ1v) is 5.39. The molecule has 1 heterocycles. The molecule has 0 fully saturated rings. The molecule has 1 aromatic rings. The van der Waals surface area contributed by atoms with Crippen molar-refractivity contribution in [3.63, 3.8) is 0 Å². The Labute approximate surface area is 105 Å². The van der Waals surface area contributed by atoms with Crippen molar-refractivity contribution in [3.05, 3.63) is 23.4 Å². The second kappa shape index (κ2) is 5.03. The lowest BCUT2D eigenvalue weighted by atomic mass is 10.1. The summed E-state index contributed by atoms with van der Waals surface area (Å²) in [6.45, 7) is 6.83. The fourth-order valence-electron chi connectivity index (χ4n) is 1.23. The van der Waals surface area contributed by atoms with Crippen LogP contribution in [0, 0.1) is 6.92 Å². The van der Waals surface area contributed by atoms with E-state index in [0.717, 1.165) is 0 Å².